The number of nitrogens with zero attached hydrogens (tertiary/aromatic N) is 1. The van der Waals surface area contributed by atoms with E-state index < -0.39 is 5.41 Å². The predicted molar refractivity (Wildman–Crippen MR) is 265 cm³/mol. The maximum absolute atomic E-state index is 6.71. The van der Waals surface area contributed by atoms with Crippen molar-refractivity contribution >= 4 is 33.1 Å². The molecule has 0 aromatic heterocycles. The van der Waals surface area contributed by atoms with Gasteiger partial charge in [-0.2, -0.15) is 0 Å². The zero-order chi connectivity index (χ0) is 42.2. The van der Waals surface area contributed by atoms with Crippen molar-refractivity contribution in [2.24, 2.45) is 10.7 Å². The number of aliphatic imine (C=N–C) groups is 1. The Morgan fingerprint density at radius 2 is 1.02 bits per heavy atom. The van der Waals surface area contributed by atoms with E-state index in [0.29, 0.717) is 5.84 Å². The predicted octanol–water partition coefficient (Wildman–Crippen LogP) is 14.7. The molecule has 0 saturated heterocycles. The Kier molecular flexibility index (Phi) is 9.67. The Morgan fingerprint density at radius 1 is 0.444 bits per heavy atom. The van der Waals surface area contributed by atoms with E-state index in [2.05, 4.69) is 212 Å². The Hall–Kier alpha value is -8.07. The van der Waals surface area contributed by atoms with E-state index in [1.165, 1.54) is 66.4 Å². The fourth-order valence-electron chi connectivity index (χ4n) is 9.93. The van der Waals surface area contributed by atoms with Crippen molar-refractivity contribution in [2.45, 2.75) is 11.8 Å². The van der Waals surface area contributed by atoms with Gasteiger partial charge in [0.05, 0.1) is 11.1 Å². The second-order valence-corrected chi connectivity index (χ2v) is 16.4. The molecule has 2 heteroatoms. The largest absolute Gasteiger partial charge is 0.383 e. The highest BCUT2D eigenvalue weighted by atomic mass is 14.9. The highest BCUT2D eigenvalue weighted by Gasteiger charge is 2.47. The number of benzene rings is 10. The highest BCUT2D eigenvalue weighted by molar-refractivity contribution is 6.06. The molecular weight excluding hydrogens is 761 g/mol. The molecule has 1 aliphatic carbocycles. The van der Waals surface area contributed by atoms with Crippen LogP contribution >= 0.6 is 0 Å². The van der Waals surface area contributed by atoms with Gasteiger partial charge >= 0.3 is 0 Å². The van der Waals surface area contributed by atoms with Crippen molar-refractivity contribution in [2.75, 3.05) is 0 Å². The quantitative estimate of drug-likeness (QED) is 0.115. The summed E-state index contributed by atoms with van der Waals surface area (Å²) in [5, 5.41) is 4.82. The van der Waals surface area contributed by atoms with Crippen molar-refractivity contribution in [1.29, 1.82) is 0 Å². The van der Waals surface area contributed by atoms with Crippen molar-refractivity contribution < 1.29 is 0 Å². The van der Waals surface area contributed by atoms with Gasteiger partial charge in [0, 0.05) is 11.1 Å². The minimum absolute atomic E-state index is 0.491. The van der Waals surface area contributed by atoms with Gasteiger partial charge in [0.15, 0.2) is 0 Å². The van der Waals surface area contributed by atoms with Crippen LogP contribution in [0.25, 0.3) is 60.6 Å². The smallest absolute Gasteiger partial charge is 0.131 e. The van der Waals surface area contributed by atoms with Gasteiger partial charge < -0.3 is 5.73 Å². The molecule has 2 N–H and O–H groups in total. The lowest BCUT2D eigenvalue weighted by atomic mass is 9.66. The van der Waals surface area contributed by atoms with E-state index in [1.54, 1.807) is 0 Å². The lowest BCUT2D eigenvalue weighted by Gasteiger charge is -2.35. The van der Waals surface area contributed by atoms with E-state index in [-0.39, 0.29) is 0 Å². The van der Waals surface area contributed by atoms with Crippen LogP contribution in [0.15, 0.2) is 248 Å². The van der Waals surface area contributed by atoms with Crippen LogP contribution in [0.4, 0.5) is 0 Å². The standard InChI is InChI=1S/C61H44N2/c62-60(44-21-7-2-8-22-44)63-58(39-32-42-18-5-1-6-19-42)55-38-37-50(52-30-15-16-31-53(52)55)47-24-17-23-45(40-47)46-34-35-54-56-36-33-43-20-13-14-29-51(43)59(56)61(57(54)41-46,48-25-9-3-10-26-48)49-27-11-4-12-28-49/h1-31,33-41H,32H2,(H2,62,63)/b58-39-. The van der Waals surface area contributed by atoms with Crippen LogP contribution < -0.4 is 5.73 Å². The fourth-order valence-corrected chi connectivity index (χ4v) is 9.93. The van der Waals surface area contributed by atoms with E-state index >= 15 is 0 Å². The molecule has 0 spiro atoms. The molecular formula is C61H44N2. The molecule has 0 aliphatic heterocycles. The van der Waals surface area contributed by atoms with Crippen LogP contribution in [-0.2, 0) is 11.8 Å². The van der Waals surface area contributed by atoms with Crippen LogP contribution in [0, 0.1) is 0 Å². The number of rotatable bonds is 9. The average molecular weight is 805 g/mol. The van der Waals surface area contributed by atoms with E-state index in [0.717, 1.165) is 39.6 Å². The first kappa shape index (κ1) is 37.9. The molecule has 10 aromatic rings. The Labute approximate surface area is 369 Å². The highest BCUT2D eigenvalue weighted by Crippen LogP contribution is 2.58. The molecule has 1 aliphatic rings. The van der Waals surface area contributed by atoms with Crippen LogP contribution in [-0.4, -0.2) is 5.84 Å². The molecule has 0 fully saturated rings. The van der Waals surface area contributed by atoms with Crippen molar-refractivity contribution in [3.63, 3.8) is 0 Å². The Bertz CT molecular complexity index is 3310. The summed E-state index contributed by atoms with van der Waals surface area (Å²) in [6.07, 6.45) is 2.94. The summed E-state index contributed by atoms with van der Waals surface area (Å²) in [7, 11) is 0. The summed E-state index contributed by atoms with van der Waals surface area (Å²) in [5.74, 6) is 0.491. The zero-order valence-electron chi connectivity index (χ0n) is 34.8. The van der Waals surface area contributed by atoms with Crippen molar-refractivity contribution in [3.8, 4) is 33.4 Å². The number of nitrogens with two attached hydrogens (primary N) is 1. The van der Waals surface area contributed by atoms with Gasteiger partial charge in [-0.15, -0.1) is 0 Å². The monoisotopic (exact) mass is 804 g/mol. The molecule has 11 rings (SSSR count). The number of hydrogen-bond donors (Lipinski definition) is 1. The molecule has 0 atom stereocenters. The summed E-state index contributed by atoms with van der Waals surface area (Å²) < 4.78 is 0. The van der Waals surface area contributed by atoms with Crippen molar-refractivity contribution in [3.05, 3.63) is 282 Å². The maximum Gasteiger partial charge on any atom is 0.131 e. The van der Waals surface area contributed by atoms with Gasteiger partial charge in [-0.25, -0.2) is 4.99 Å². The third-order valence-electron chi connectivity index (χ3n) is 12.8. The van der Waals surface area contributed by atoms with Crippen LogP contribution in [0.3, 0.4) is 0 Å². The van der Waals surface area contributed by atoms with Crippen LogP contribution in [0.2, 0.25) is 0 Å². The fraction of sp³-hybridized carbons (Fsp3) is 0.0328. The molecule has 0 heterocycles. The van der Waals surface area contributed by atoms with Gasteiger partial charge in [-0.3, -0.25) is 0 Å². The third-order valence-corrected chi connectivity index (χ3v) is 12.8. The normalized spacial score (nSPS) is 13.2. The van der Waals surface area contributed by atoms with Gasteiger partial charge in [0.2, 0.25) is 0 Å². The maximum atomic E-state index is 6.71. The first-order chi connectivity index (χ1) is 31.2. The van der Waals surface area contributed by atoms with Crippen LogP contribution in [0.5, 0.6) is 0 Å². The second kappa shape index (κ2) is 16.1. The molecule has 298 valence electrons. The van der Waals surface area contributed by atoms with E-state index in [4.69, 9.17) is 10.7 Å². The molecule has 63 heavy (non-hydrogen) atoms. The number of hydrogen-bond acceptors (Lipinski definition) is 1. The molecule has 10 aromatic carbocycles. The summed E-state index contributed by atoms with van der Waals surface area (Å²) in [6.45, 7) is 0. The summed E-state index contributed by atoms with van der Waals surface area (Å²) >= 11 is 0. The summed E-state index contributed by atoms with van der Waals surface area (Å²) in [4.78, 5) is 5.11. The van der Waals surface area contributed by atoms with E-state index in [9.17, 15) is 0 Å². The molecule has 0 unspecified atom stereocenters. The lowest BCUT2D eigenvalue weighted by molar-refractivity contribution is 0.776. The zero-order valence-corrected chi connectivity index (χ0v) is 34.8. The topological polar surface area (TPSA) is 38.4 Å². The molecule has 0 radical (unpaired) electrons. The van der Waals surface area contributed by atoms with Crippen molar-refractivity contribution in [1.82, 2.24) is 0 Å². The minimum Gasteiger partial charge on any atom is -0.383 e. The first-order valence-corrected chi connectivity index (χ1v) is 21.7. The third kappa shape index (κ3) is 6.65. The van der Waals surface area contributed by atoms with Gasteiger partial charge in [-0.1, -0.05) is 231 Å². The molecule has 2 nitrogen and oxygen atoms in total. The molecule has 0 amide bonds. The molecule has 0 bridgehead atoms. The molecule has 0 saturated carbocycles. The Morgan fingerprint density at radius 3 is 1.75 bits per heavy atom. The van der Waals surface area contributed by atoms with Crippen LogP contribution in [0.1, 0.15) is 38.9 Å². The summed E-state index contributed by atoms with van der Waals surface area (Å²) in [6, 6.07) is 85.5. The minimum atomic E-state index is -0.522. The van der Waals surface area contributed by atoms with Gasteiger partial charge in [0.25, 0.3) is 0 Å². The number of fused-ring (bicyclic) bond motifs is 6. The number of amidine groups is 1. The van der Waals surface area contributed by atoms with Gasteiger partial charge in [-0.05, 0) is 101 Å². The second-order valence-electron chi connectivity index (χ2n) is 16.4. The lowest BCUT2D eigenvalue weighted by Crippen LogP contribution is -2.28. The Balaban J connectivity index is 1.06. The van der Waals surface area contributed by atoms with E-state index in [1.807, 2.05) is 30.3 Å². The first-order valence-electron chi connectivity index (χ1n) is 21.7. The average Bonchev–Trinajstić information content (AvgIpc) is 3.67. The SMILES string of the molecule is NC(=N/C(=C\Cc1ccccc1)c1ccc(-c2cccc(-c3ccc4c(c3)C(c3ccccc3)(c3ccccc3)c3c-4ccc4ccccc34)c2)c2ccccc12)c1ccccc1. The van der Waals surface area contributed by atoms with Gasteiger partial charge in [0.1, 0.15) is 5.84 Å². The number of allylic oxidation sites excluding steroid dienone is 1. The summed E-state index contributed by atoms with van der Waals surface area (Å²) in [5.41, 5.74) is 22.6.